The average molecular weight is 305 g/mol. The molecule has 1 aromatic heterocycles. The Hall–Kier alpha value is -2.98. The molecule has 1 amide bonds. The fourth-order valence-electron chi connectivity index (χ4n) is 2.47. The van der Waals surface area contributed by atoms with Crippen LogP contribution in [0.15, 0.2) is 85.1 Å². The summed E-state index contributed by atoms with van der Waals surface area (Å²) in [5.74, 6) is 0.000127. The van der Waals surface area contributed by atoms with Crippen molar-refractivity contribution in [3.63, 3.8) is 0 Å². The van der Waals surface area contributed by atoms with Gasteiger partial charge in [0.25, 0.3) is 5.82 Å². The highest BCUT2D eigenvalue weighted by Gasteiger charge is 2.43. The van der Waals surface area contributed by atoms with Gasteiger partial charge in [-0.15, -0.1) is 0 Å². The van der Waals surface area contributed by atoms with E-state index in [1.807, 2.05) is 18.2 Å². The van der Waals surface area contributed by atoms with Gasteiger partial charge in [-0.25, -0.2) is 15.1 Å². The van der Waals surface area contributed by atoms with Crippen LogP contribution in [0.25, 0.3) is 0 Å². The number of hydrogen-bond acceptors (Lipinski definition) is 2. The van der Waals surface area contributed by atoms with Crippen molar-refractivity contribution in [3.8, 4) is 0 Å². The predicted molar refractivity (Wildman–Crippen MR) is 87.5 cm³/mol. The van der Waals surface area contributed by atoms with E-state index in [1.165, 1.54) is 0 Å². The third-order valence-electron chi connectivity index (χ3n) is 3.67. The number of aliphatic hydroxyl groups is 1. The molecule has 4 nitrogen and oxygen atoms in total. The zero-order chi connectivity index (χ0) is 16.1. The van der Waals surface area contributed by atoms with Crippen molar-refractivity contribution in [1.82, 2.24) is 0 Å². The number of H-pyrrole nitrogens is 1. The van der Waals surface area contributed by atoms with Crippen LogP contribution in [0.2, 0.25) is 0 Å². The second-order valence-electron chi connectivity index (χ2n) is 5.17. The molecule has 0 spiro atoms. The monoisotopic (exact) mass is 305 g/mol. The van der Waals surface area contributed by atoms with Crippen LogP contribution < -0.4 is 10.3 Å². The zero-order valence-electron chi connectivity index (χ0n) is 12.4. The van der Waals surface area contributed by atoms with Gasteiger partial charge in [0.05, 0.1) is 6.20 Å². The number of carbonyl (C=O) groups excluding carboxylic acids is 1. The first-order valence-electron chi connectivity index (χ1n) is 7.33. The van der Waals surface area contributed by atoms with Gasteiger partial charge in [0.2, 0.25) is 5.60 Å². The molecule has 0 saturated carbocycles. The van der Waals surface area contributed by atoms with Crippen LogP contribution in [-0.2, 0) is 10.4 Å². The van der Waals surface area contributed by atoms with Crippen LogP contribution in [0.3, 0.4) is 0 Å². The largest absolute Gasteiger partial charge is 0.370 e. The van der Waals surface area contributed by atoms with Crippen LogP contribution >= 0.6 is 0 Å². The Morgan fingerprint density at radius 2 is 1.35 bits per heavy atom. The normalized spacial score (nSPS) is 11.0. The minimum atomic E-state index is -1.77. The Kier molecular flexibility index (Phi) is 4.17. The molecule has 0 aliphatic heterocycles. The topological polar surface area (TPSA) is 63.5 Å². The third kappa shape index (κ3) is 2.98. The lowest BCUT2D eigenvalue weighted by Crippen LogP contribution is -2.42. The van der Waals surface area contributed by atoms with Gasteiger partial charge >= 0.3 is 5.91 Å². The summed E-state index contributed by atoms with van der Waals surface area (Å²) >= 11 is 0. The first kappa shape index (κ1) is 14.9. The maximum atomic E-state index is 12.9. The maximum absolute atomic E-state index is 12.9. The smallest absolute Gasteiger partial charge is 0.348 e. The Balaban J connectivity index is 2.04. The van der Waals surface area contributed by atoms with Crippen molar-refractivity contribution in [2.75, 3.05) is 5.32 Å². The fourth-order valence-corrected chi connectivity index (χ4v) is 2.47. The Morgan fingerprint density at radius 1 is 0.826 bits per heavy atom. The molecule has 3 aromatic rings. The lowest BCUT2D eigenvalue weighted by atomic mass is 9.85. The number of hydrogen-bond donors (Lipinski definition) is 2. The highest BCUT2D eigenvalue weighted by atomic mass is 16.3. The molecule has 3 rings (SSSR count). The average Bonchev–Trinajstić information content (AvgIpc) is 2.63. The van der Waals surface area contributed by atoms with E-state index >= 15 is 0 Å². The summed E-state index contributed by atoms with van der Waals surface area (Å²) in [6.07, 6.45) is 1.71. The first-order chi connectivity index (χ1) is 11.2. The third-order valence-corrected chi connectivity index (χ3v) is 3.67. The molecular formula is C19H17N2O2+. The van der Waals surface area contributed by atoms with Gasteiger partial charge in [-0.1, -0.05) is 66.7 Å². The summed E-state index contributed by atoms with van der Waals surface area (Å²) in [7, 11) is 0. The van der Waals surface area contributed by atoms with Gasteiger partial charge in [-0.2, -0.15) is 0 Å². The van der Waals surface area contributed by atoms with Gasteiger partial charge in [0, 0.05) is 17.2 Å². The Bertz CT molecular complexity index is 735. The van der Waals surface area contributed by atoms with Gasteiger partial charge in [-0.3, -0.25) is 0 Å². The lowest BCUT2D eigenvalue weighted by Gasteiger charge is -2.25. The standard InChI is InChI=1S/C19H16N2O2/c22-18(21-17-13-7-8-14-20-17)19(23,15-9-3-1-4-10-15)16-11-5-2-6-12-16/h1-14,23H,(H,20,21,22)/p+1. The van der Waals surface area contributed by atoms with Crippen LogP contribution in [0, 0.1) is 0 Å². The fraction of sp³-hybridized carbons (Fsp3) is 0.0526. The highest BCUT2D eigenvalue weighted by Crippen LogP contribution is 2.30. The summed E-state index contributed by atoms with van der Waals surface area (Å²) in [5, 5.41) is 14.0. The minimum Gasteiger partial charge on any atom is -0.370 e. The molecule has 2 aromatic carbocycles. The molecule has 4 heteroatoms. The van der Waals surface area contributed by atoms with Gasteiger partial charge in [-0.05, 0) is 6.07 Å². The van der Waals surface area contributed by atoms with E-state index in [-0.39, 0.29) is 0 Å². The predicted octanol–water partition coefficient (Wildman–Crippen LogP) is 2.38. The highest BCUT2D eigenvalue weighted by molar-refractivity contribution is 5.99. The first-order valence-corrected chi connectivity index (χ1v) is 7.33. The molecule has 0 atom stereocenters. The number of nitrogens with one attached hydrogen (secondary N) is 2. The summed E-state index contributed by atoms with van der Waals surface area (Å²) in [6, 6.07) is 23.2. The number of aromatic nitrogens is 1. The molecule has 0 aliphatic rings. The second kappa shape index (κ2) is 6.42. The van der Waals surface area contributed by atoms with Crippen molar-refractivity contribution in [2.24, 2.45) is 0 Å². The second-order valence-corrected chi connectivity index (χ2v) is 5.17. The van der Waals surface area contributed by atoms with Gasteiger partial charge in [0.15, 0.2) is 0 Å². The minimum absolute atomic E-state index is 0.514. The Morgan fingerprint density at radius 3 is 1.83 bits per heavy atom. The molecule has 23 heavy (non-hydrogen) atoms. The van der Waals surface area contributed by atoms with Gasteiger partial charge in [0.1, 0.15) is 0 Å². The van der Waals surface area contributed by atoms with Crippen molar-refractivity contribution >= 4 is 11.7 Å². The van der Waals surface area contributed by atoms with Crippen LogP contribution in [0.4, 0.5) is 5.82 Å². The maximum Gasteiger partial charge on any atom is 0.348 e. The van der Waals surface area contributed by atoms with E-state index in [4.69, 9.17) is 0 Å². The molecule has 0 saturated heterocycles. The van der Waals surface area contributed by atoms with Crippen molar-refractivity contribution in [3.05, 3.63) is 96.2 Å². The van der Waals surface area contributed by atoms with E-state index in [2.05, 4.69) is 10.3 Å². The van der Waals surface area contributed by atoms with Crippen LogP contribution in [0.5, 0.6) is 0 Å². The number of rotatable bonds is 4. The van der Waals surface area contributed by atoms with Gasteiger partial charge < -0.3 is 5.11 Å². The molecule has 0 fully saturated rings. The summed E-state index contributed by atoms with van der Waals surface area (Å²) < 4.78 is 0. The van der Waals surface area contributed by atoms with E-state index in [0.717, 1.165) is 0 Å². The molecule has 0 radical (unpaired) electrons. The van der Waals surface area contributed by atoms with Crippen LogP contribution in [0.1, 0.15) is 11.1 Å². The molecular weight excluding hydrogens is 288 g/mol. The number of pyridine rings is 1. The van der Waals surface area contributed by atoms with Crippen molar-refractivity contribution < 1.29 is 14.9 Å². The molecule has 0 bridgehead atoms. The number of benzene rings is 2. The van der Waals surface area contributed by atoms with E-state index in [9.17, 15) is 9.90 Å². The SMILES string of the molecule is O=C(Nc1cccc[nH+]1)C(O)(c1ccccc1)c1ccccc1. The summed E-state index contributed by atoms with van der Waals surface area (Å²) in [4.78, 5) is 15.8. The lowest BCUT2D eigenvalue weighted by molar-refractivity contribution is -0.360. The molecule has 0 unspecified atom stereocenters. The molecule has 1 heterocycles. The molecule has 3 N–H and O–H groups in total. The summed E-state index contributed by atoms with van der Waals surface area (Å²) in [6.45, 7) is 0. The van der Waals surface area contributed by atoms with E-state index < -0.39 is 11.5 Å². The number of carbonyl (C=O) groups is 1. The zero-order valence-corrected chi connectivity index (χ0v) is 12.4. The van der Waals surface area contributed by atoms with E-state index in [1.54, 1.807) is 66.9 Å². The molecule has 0 aliphatic carbocycles. The van der Waals surface area contributed by atoms with E-state index in [0.29, 0.717) is 16.9 Å². The Labute approximate surface area is 134 Å². The number of amides is 1. The summed E-state index contributed by atoms with van der Waals surface area (Å²) in [5.41, 5.74) is -0.745. The number of anilines is 1. The van der Waals surface area contributed by atoms with Crippen molar-refractivity contribution in [1.29, 1.82) is 0 Å². The van der Waals surface area contributed by atoms with Crippen LogP contribution in [-0.4, -0.2) is 11.0 Å². The van der Waals surface area contributed by atoms with Crippen molar-refractivity contribution in [2.45, 2.75) is 5.60 Å². The quantitative estimate of drug-likeness (QED) is 0.777. The number of aromatic amines is 1. The molecule has 114 valence electrons.